The number of fused-ring (bicyclic) bond motifs is 1. The molecule has 4 aromatic rings. The first-order valence-corrected chi connectivity index (χ1v) is 11.4. The predicted molar refractivity (Wildman–Crippen MR) is 137 cm³/mol. The number of benzene rings is 4. The highest BCUT2D eigenvalue weighted by Gasteiger charge is 2.09. The molecular formula is C27H23BrN2O4. The number of carbonyl (C=O) groups is 1. The minimum Gasteiger partial charge on any atom is -0.497 e. The van der Waals surface area contributed by atoms with E-state index in [0.29, 0.717) is 18.1 Å². The van der Waals surface area contributed by atoms with Crippen LogP contribution in [0.25, 0.3) is 10.8 Å². The number of carbonyl (C=O) groups excluding carboxylic acids is 1. The molecule has 0 bridgehead atoms. The summed E-state index contributed by atoms with van der Waals surface area (Å²) in [7, 11) is 1.59. The smallest absolute Gasteiger partial charge is 0.277 e. The third-order valence-electron chi connectivity index (χ3n) is 5.03. The second kappa shape index (κ2) is 11.3. The van der Waals surface area contributed by atoms with Crippen molar-refractivity contribution in [1.29, 1.82) is 0 Å². The first-order chi connectivity index (χ1) is 16.6. The van der Waals surface area contributed by atoms with Crippen LogP contribution in [-0.4, -0.2) is 25.8 Å². The molecule has 0 unspecified atom stereocenters. The van der Waals surface area contributed by atoms with E-state index < -0.39 is 0 Å². The highest BCUT2D eigenvalue weighted by molar-refractivity contribution is 9.10. The lowest BCUT2D eigenvalue weighted by Gasteiger charge is -2.12. The number of hydrazone groups is 1. The van der Waals surface area contributed by atoms with Gasteiger partial charge in [-0.25, -0.2) is 5.43 Å². The molecule has 1 amide bonds. The van der Waals surface area contributed by atoms with Crippen molar-refractivity contribution in [2.24, 2.45) is 5.10 Å². The summed E-state index contributed by atoms with van der Waals surface area (Å²) in [6.07, 6.45) is 1.60. The van der Waals surface area contributed by atoms with Gasteiger partial charge in [0.05, 0.1) is 13.3 Å². The number of nitrogens with one attached hydrogen (secondary N) is 1. The zero-order valence-electron chi connectivity index (χ0n) is 18.5. The molecule has 0 atom stereocenters. The fourth-order valence-corrected chi connectivity index (χ4v) is 3.79. The van der Waals surface area contributed by atoms with Gasteiger partial charge in [0.2, 0.25) is 0 Å². The Morgan fingerprint density at radius 1 is 0.941 bits per heavy atom. The van der Waals surface area contributed by atoms with Gasteiger partial charge in [-0.15, -0.1) is 0 Å². The fraction of sp³-hybridized carbons (Fsp3) is 0.111. The lowest BCUT2D eigenvalue weighted by atomic mass is 10.0. The molecular weight excluding hydrogens is 496 g/mol. The average Bonchev–Trinajstić information content (AvgIpc) is 2.87. The van der Waals surface area contributed by atoms with Crippen LogP contribution in [0.3, 0.4) is 0 Å². The van der Waals surface area contributed by atoms with E-state index in [0.717, 1.165) is 32.1 Å². The van der Waals surface area contributed by atoms with E-state index in [1.54, 1.807) is 37.6 Å². The number of hydrogen-bond acceptors (Lipinski definition) is 5. The molecule has 0 saturated carbocycles. The quantitative estimate of drug-likeness (QED) is 0.227. The van der Waals surface area contributed by atoms with Crippen LogP contribution in [0.4, 0.5) is 0 Å². The molecule has 0 radical (unpaired) electrons. The van der Waals surface area contributed by atoms with Crippen LogP contribution in [0.2, 0.25) is 0 Å². The van der Waals surface area contributed by atoms with Gasteiger partial charge in [-0.1, -0.05) is 58.4 Å². The lowest BCUT2D eigenvalue weighted by Crippen LogP contribution is -2.24. The topological polar surface area (TPSA) is 69.2 Å². The number of amides is 1. The van der Waals surface area contributed by atoms with Crippen LogP contribution in [0.5, 0.6) is 17.2 Å². The molecule has 0 aliphatic heterocycles. The molecule has 7 heteroatoms. The lowest BCUT2D eigenvalue weighted by molar-refractivity contribution is -0.123. The number of hydrogen-bond donors (Lipinski definition) is 1. The minimum atomic E-state index is -0.371. The standard InChI is InChI=1S/C27H23BrN2O4/c1-32-22-10-12-23(13-11-22)33-18-27(31)30-29-16-25-24-8-3-2-6-20(24)9-14-26(25)34-17-19-5-4-7-21(28)15-19/h2-16H,17-18H2,1H3,(H,30,31)/b29-16-. The Kier molecular flexibility index (Phi) is 7.78. The minimum absolute atomic E-state index is 0.161. The second-order valence-corrected chi connectivity index (χ2v) is 8.29. The Balaban J connectivity index is 1.44. The first-order valence-electron chi connectivity index (χ1n) is 10.6. The van der Waals surface area contributed by atoms with Gasteiger partial charge < -0.3 is 14.2 Å². The summed E-state index contributed by atoms with van der Waals surface area (Å²) in [6, 6.07) is 26.8. The van der Waals surface area contributed by atoms with Gasteiger partial charge in [-0.2, -0.15) is 5.10 Å². The molecule has 1 N–H and O–H groups in total. The summed E-state index contributed by atoms with van der Waals surface area (Å²) in [5, 5.41) is 6.17. The SMILES string of the molecule is COc1ccc(OCC(=O)N/N=C\c2c(OCc3cccc(Br)c3)ccc3ccccc23)cc1. The molecule has 0 aliphatic rings. The normalized spacial score (nSPS) is 10.9. The van der Waals surface area contributed by atoms with E-state index in [-0.39, 0.29) is 12.5 Å². The first kappa shape index (κ1) is 23.3. The predicted octanol–water partition coefficient (Wildman–Crippen LogP) is 5.72. The monoisotopic (exact) mass is 518 g/mol. The number of rotatable bonds is 9. The van der Waals surface area contributed by atoms with Crippen LogP contribution >= 0.6 is 15.9 Å². The maximum Gasteiger partial charge on any atom is 0.277 e. The largest absolute Gasteiger partial charge is 0.497 e. The summed E-state index contributed by atoms with van der Waals surface area (Å²) in [5.74, 6) is 1.58. The van der Waals surface area contributed by atoms with Gasteiger partial charge in [0, 0.05) is 10.0 Å². The van der Waals surface area contributed by atoms with Crippen LogP contribution in [0.15, 0.2) is 94.5 Å². The van der Waals surface area contributed by atoms with Crippen molar-refractivity contribution in [3.05, 3.63) is 101 Å². The molecule has 172 valence electrons. The van der Waals surface area contributed by atoms with E-state index in [1.807, 2.05) is 60.7 Å². The van der Waals surface area contributed by atoms with Crippen LogP contribution in [-0.2, 0) is 11.4 Å². The van der Waals surface area contributed by atoms with Gasteiger partial charge in [0.25, 0.3) is 5.91 Å². The second-order valence-electron chi connectivity index (χ2n) is 7.37. The zero-order chi connectivity index (χ0) is 23.8. The molecule has 4 rings (SSSR count). The number of ether oxygens (including phenoxy) is 3. The molecule has 0 aliphatic carbocycles. The van der Waals surface area contributed by atoms with E-state index >= 15 is 0 Å². The van der Waals surface area contributed by atoms with E-state index in [4.69, 9.17) is 14.2 Å². The van der Waals surface area contributed by atoms with Crippen molar-refractivity contribution >= 4 is 38.8 Å². The van der Waals surface area contributed by atoms with Crippen molar-refractivity contribution in [2.45, 2.75) is 6.61 Å². The van der Waals surface area contributed by atoms with Gasteiger partial charge >= 0.3 is 0 Å². The van der Waals surface area contributed by atoms with E-state index in [9.17, 15) is 4.79 Å². The molecule has 4 aromatic carbocycles. The maximum absolute atomic E-state index is 12.2. The van der Waals surface area contributed by atoms with Crippen molar-refractivity contribution in [2.75, 3.05) is 13.7 Å². The third kappa shape index (κ3) is 6.14. The number of nitrogens with zero attached hydrogens (tertiary/aromatic N) is 1. The molecule has 0 aromatic heterocycles. The van der Waals surface area contributed by atoms with Gasteiger partial charge in [0.1, 0.15) is 23.9 Å². The third-order valence-corrected chi connectivity index (χ3v) is 5.52. The Labute approximate surface area is 206 Å². The van der Waals surface area contributed by atoms with Gasteiger partial charge in [0.15, 0.2) is 6.61 Å². The van der Waals surface area contributed by atoms with Crippen molar-refractivity contribution in [1.82, 2.24) is 5.43 Å². The number of methoxy groups -OCH3 is 1. The Morgan fingerprint density at radius 3 is 2.53 bits per heavy atom. The Hall–Kier alpha value is -3.84. The van der Waals surface area contributed by atoms with Crippen molar-refractivity contribution in [3.8, 4) is 17.2 Å². The molecule has 6 nitrogen and oxygen atoms in total. The molecule has 34 heavy (non-hydrogen) atoms. The zero-order valence-corrected chi connectivity index (χ0v) is 20.1. The highest BCUT2D eigenvalue weighted by atomic mass is 79.9. The van der Waals surface area contributed by atoms with Crippen LogP contribution in [0, 0.1) is 0 Å². The van der Waals surface area contributed by atoms with Crippen LogP contribution in [0.1, 0.15) is 11.1 Å². The summed E-state index contributed by atoms with van der Waals surface area (Å²) in [6.45, 7) is 0.242. The summed E-state index contributed by atoms with van der Waals surface area (Å²) in [5.41, 5.74) is 4.33. The Morgan fingerprint density at radius 2 is 1.74 bits per heavy atom. The van der Waals surface area contributed by atoms with Gasteiger partial charge in [-0.05, 0) is 58.8 Å². The molecule has 0 saturated heterocycles. The van der Waals surface area contributed by atoms with Gasteiger partial charge in [-0.3, -0.25) is 4.79 Å². The molecule has 0 spiro atoms. The van der Waals surface area contributed by atoms with Crippen molar-refractivity contribution in [3.63, 3.8) is 0 Å². The van der Waals surface area contributed by atoms with Crippen molar-refractivity contribution < 1.29 is 19.0 Å². The number of halogens is 1. The van der Waals surface area contributed by atoms with E-state index in [1.165, 1.54) is 0 Å². The molecule has 0 heterocycles. The fourth-order valence-electron chi connectivity index (χ4n) is 3.34. The maximum atomic E-state index is 12.2. The highest BCUT2D eigenvalue weighted by Crippen LogP contribution is 2.27. The average molecular weight is 519 g/mol. The summed E-state index contributed by atoms with van der Waals surface area (Å²) in [4.78, 5) is 12.2. The van der Waals surface area contributed by atoms with Crippen LogP contribution < -0.4 is 19.6 Å². The molecule has 0 fully saturated rings. The summed E-state index contributed by atoms with van der Waals surface area (Å²) >= 11 is 3.48. The Bertz CT molecular complexity index is 1310. The van der Waals surface area contributed by atoms with E-state index in [2.05, 4.69) is 26.5 Å². The summed E-state index contributed by atoms with van der Waals surface area (Å²) < 4.78 is 17.7.